The van der Waals surface area contributed by atoms with Gasteiger partial charge in [-0.15, -0.1) is 0 Å². The summed E-state index contributed by atoms with van der Waals surface area (Å²) < 4.78 is 10.5. The molecule has 2 aliphatic heterocycles. The lowest BCUT2D eigenvalue weighted by Gasteiger charge is -2.23. The molecule has 7 nitrogen and oxygen atoms in total. The van der Waals surface area contributed by atoms with E-state index in [9.17, 15) is 9.59 Å². The van der Waals surface area contributed by atoms with Gasteiger partial charge in [0.25, 0.3) is 5.91 Å². The number of para-hydroxylation sites is 1. The highest BCUT2D eigenvalue weighted by Crippen LogP contribution is 2.34. The highest BCUT2D eigenvalue weighted by molar-refractivity contribution is 6.44. The lowest BCUT2D eigenvalue weighted by Crippen LogP contribution is -2.36. The van der Waals surface area contributed by atoms with Gasteiger partial charge in [0.15, 0.2) is 11.5 Å². The van der Waals surface area contributed by atoms with E-state index in [2.05, 4.69) is 10.4 Å². The number of hydrazone groups is 1. The molecule has 2 aliphatic rings. The summed E-state index contributed by atoms with van der Waals surface area (Å²) >= 11 is 0. The van der Waals surface area contributed by atoms with E-state index in [0.717, 1.165) is 0 Å². The summed E-state index contributed by atoms with van der Waals surface area (Å²) in [4.78, 5) is 24.6. The molecule has 4 rings (SSSR count). The number of ether oxygens (including phenoxy) is 2. The van der Waals surface area contributed by atoms with Crippen molar-refractivity contribution in [1.82, 2.24) is 0 Å². The van der Waals surface area contributed by atoms with Crippen molar-refractivity contribution in [2.75, 3.05) is 17.1 Å². The molecule has 0 saturated heterocycles. The van der Waals surface area contributed by atoms with Gasteiger partial charge in [-0.3, -0.25) is 9.59 Å². The van der Waals surface area contributed by atoms with Crippen LogP contribution in [-0.2, 0) is 9.59 Å². The quantitative estimate of drug-likeness (QED) is 0.933. The minimum absolute atomic E-state index is 0.133. The van der Waals surface area contributed by atoms with Crippen molar-refractivity contribution in [3.8, 4) is 11.5 Å². The fourth-order valence-electron chi connectivity index (χ4n) is 2.67. The summed E-state index contributed by atoms with van der Waals surface area (Å²) in [5.41, 5.74) is 1.53. The van der Waals surface area contributed by atoms with E-state index in [1.54, 1.807) is 30.3 Å². The molecule has 0 fully saturated rings. The van der Waals surface area contributed by atoms with Gasteiger partial charge in [-0.05, 0) is 24.3 Å². The molecule has 0 unspecified atom stereocenters. The zero-order valence-electron chi connectivity index (χ0n) is 13.3. The van der Waals surface area contributed by atoms with E-state index in [1.165, 1.54) is 5.01 Å². The molecule has 126 valence electrons. The lowest BCUT2D eigenvalue weighted by atomic mass is 10.1. The SMILES string of the molecule is O=C(Nc1ccc2c(c1)OCO2)C1=NN(c2ccccc2)C(=O)CC1. The normalized spacial score (nSPS) is 15.8. The van der Waals surface area contributed by atoms with Crippen LogP contribution in [0.4, 0.5) is 11.4 Å². The van der Waals surface area contributed by atoms with Crippen molar-refractivity contribution >= 4 is 28.9 Å². The van der Waals surface area contributed by atoms with E-state index < -0.39 is 0 Å². The van der Waals surface area contributed by atoms with E-state index in [1.807, 2.05) is 18.2 Å². The fraction of sp³-hybridized carbons (Fsp3) is 0.167. The van der Waals surface area contributed by atoms with Gasteiger partial charge < -0.3 is 14.8 Å². The molecule has 2 aromatic rings. The minimum atomic E-state index is -0.340. The Morgan fingerprint density at radius 1 is 1.04 bits per heavy atom. The van der Waals surface area contributed by atoms with Gasteiger partial charge in [0, 0.05) is 24.6 Å². The largest absolute Gasteiger partial charge is 0.454 e. The van der Waals surface area contributed by atoms with Crippen LogP contribution in [0.3, 0.4) is 0 Å². The van der Waals surface area contributed by atoms with E-state index in [0.29, 0.717) is 35.0 Å². The zero-order valence-corrected chi connectivity index (χ0v) is 13.3. The number of nitrogens with one attached hydrogen (secondary N) is 1. The summed E-state index contributed by atoms with van der Waals surface area (Å²) in [6.45, 7) is 0.174. The number of amides is 2. The van der Waals surface area contributed by atoms with Crippen LogP contribution in [0.15, 0.2) is 53.6 Å². The Kier molecular flexibility index (Phi) is 3.81. The van der Waals surface area contributed by atoms with Crippen molar-refractivity contribution in [2.45, 2.75) is 12.8 Å². The summed E-state index contributed by atoms with van der Waals surface area (Å²) in [6, 6.07) is 14.2. The predicted molar refractivity (Wildman–Crippen MR) is 91.8 cm³/mol. The number of carbonyl (C=O) groups excluding carboxylic acids is 2. The molecular formula is C18H15N3O4. The topological polar surface area (TPSA) is 80.2 Å². The Morgan fingerprint density at radius 3 is 2.68 bits per heavy atom. The molecule has 2 aromatic carbocycles. The highest BCUT2D eigenvalue weighted by Gasteiger charge is 2.26. The average Bonchev–Trinajstić information content (AvgIpc) is 3.10. The highest BCUT2D eigenvalue weighted by atomic mass is 16.7. The first-order valence-electron chi connectivity index (χ1n) is 7.87. The summed E-state index contributed by atoms with van der Waals surface area (Å²) in [7, 11) is 0. The maximum absolute atomic E-state index is 12.5. The molecule has 2 amide bonds. The third-order valence-electron chi connectivity index (χ3n) is 3.93. The number of hydrogen-bond acceptors (Lipinski definition) is 5. The second-order valence-corrected chi connectivity index (χ2v) is 5.61. The standard InChI is InChI=1S/C18H15N3O4/c22-17-9-7-14(20-21(17)13-4-2-1-3-5-13)18(23)19-12-6-8-15-16(10-12)25-11-24-15/h1-6,8,10H,7,9,11H2,(H,19,23). The number of benzene rings is 2. The van der Waals surface area contributed by atoms with Crippen LogP contribution in [0.1, 0.15) is 12.8 Å². The number of rotatable bonds is 3. The Bertz CT molecular complexity index is 864. The van der Waals surface area contributed by atoms with Crippen molar-refractivity contribution in [2.24, 2.45) is 5.10 Å². The number of nitrogens with zero attached hydrogens (tertiary/aromatic N) is 2. The second-order valence-electron chi connectivity index (χ2n) is 5.61. The van der Waals surface area contributed by atoms with Crippen molar-refractivity contribution in [3.63, 3.8) is 0 Å². The molecule has 0 saturated carbocycles. The molecule has 2 heterocycles. The van der Waals surface area contributed by atoms with Gasteiger partial charge >= 0.3 is 0 Å². The van der Waals surface area contributed by atoms with Crippen LogP contribution < -0.4 is 19.8 Å². The van der Waals surface area contributed by atoms with Gasteiger partial charge in [0.1, 0.15) is 5.71 Å². The predicted octanol–water partition coefficient (Wildman–Crippen LogP) is 2.54. The lowest BCUT2D eigenvalue weighted by molar-refractivity contribution is -0.118. The average molecular weight is 337 g/mol. The summed E-state index contributed by atoms with van der Waals surface area (Å²) in [6.07, 6.45) is 0.542. The van der Waals surface area contributed by atoms with E-state index >= 15 is 0 Å². The van der Waals surface area contributed by atoms with Gasteiger partial charge in [-0.2, -0.15) is 5.10 Å². The monoisotopic (exact) mass is 337 g/mol. The number of fused-ring (bicyclic) bond motifs is 1. The molecule has 0 spiro atoms. The van der Waals surface area contributed by atoms with Gasteiger partial charge in [0.05, 0.1) is 5.69 Å². The Hall–Kier alpha value is -3.35. The first-order valence-corrected chi connectivity index (χ1v) is 7.87. The van der Waals surface area contributed by atoms with Crippen molar-refractivity contribution in [3.05, 3.63) is 48.5 Å². The molecule has 0 radical (unpaired) electrons. The number of carbonyl (C=O) groups is 2. The van der Waals surface area contributed by atoms with Crippen LogP contribution in [0.5, 0.6) is 11.5 Å². The molecule has 1 N–H and O–H groups in total. The van der Waals surface area contributed by atoms with Crippen LogP contribution in [-0.4, -0.2) is 24.3 Å². The molecule has 0 aliphatic carbocycles. The Balaban J connectivity index is 1.54. The Morgan fingerprint density at radius 2 is 1.84 bits per heavy atom. The molecule has 0 bridgehead atoms. The number of anilines is 2. The van der Waals surface area contributed by atoms with Gasteiger partial charge in [-0.1, -0.05) is 18.2 Å². The van der Waals surface area contributed by atoms with Gasteiger partial charge in [-0.25, -0.2) is 5.01 Å². The molecule has 25 heavy (non-hydrogen) atoms. The van der Waals surface area contributed by atoms with Crippen molar-refractivity contribution < 1.29 is 19.1 Å². The Labute approximate surface area is 143 Å². The number of hydrogen-bond donors (Lipinski definition) is 1. The van der Waals surface area contributed by atoms with Crippen LogP contribution >= 0.6 is 0 Å². The van der Waals surface area contributed by atoms with Crippen LogP contribution in [0.25, 0.3) is 0 Å². The van der Waals surface area contributed by atoms with Crippen LogP contribution in [0.2, 0.25) is 0 Å². The first-order chi connectivity index (χ1) is 12.2. The minimum Gasteiger partial charge on any atom is -0.454 e. The molecular weight excluding hydrogens is 322 g/mol. The maximum atomic E-state index is 12.5. The second kappa shape index (κ2) is 6.27. The van der Waals surface area contributed by atoms with Crippen LogP contribution in [0, 0.1) is 0 Å². The fourth-order valence-corrected chi connectivity index (χ4v) is 2.67. The third-order valence-corrected chi connectivity index (χ3v) is 3.93. The van der Waals surface area contributed by atoms with E-state index in [-0.39, 0.29) is 25.0 Å². The summed E-state index contributed by atoms with van der Waals surface area (Å²) in [5, 5.41) is 8.29. The maximum Gasteiger partial charge on any atom is 0.271 e. The third kappa shape index (κ3) is 3.03. The van der Waals surface area contributed by atoms with E-state index in [4.69, 9.17) is 9.47 Å². The zero-order chi connectivity index (χ0) is 17.2. The first kappa shape index (κ1) is 15.2. The smallest absolute Gasteiger partial charge is 0.271 e. The summed E-state index contributed by atoms with van der Waals surface area (Å²) in [5.74, 6) is 0.761. The molecule has 7 heteroatoms. The van der Waals surface area contributed by atoms with Crippen molar-refractivity contribution in [1.29, 1.82) is 0 Å². The molecule has 0 aromatic heterocycles. The van der Waals surface area contributed by atoms with Gasteiger partial charge in [0.2, 0.25) is 12.7 Å². The molecule has 0 atom stereocenters.